The maximum absolute atomic E-state index is 14.0. The molecule has 9 heteroatoms. The lowest BCUT2D eigenvalue weighted by atomic mass is 10.0. The molecule has 0 unspecified atom stereocenters. The van der Waals surface area contributed by atoms with Crippen LogP contribution in [0, 0.1) is 5.82 Å². The van der Waals surface area contributed by atoms with Crippen LogP contribution in [0.2, 0.25) is 0 Å². The number of hydrogen-bond acceptors (Lipinski definition) is 5. The second-order valence-electron chi connectivity index (χ2n) is 7.71. The van der Waals surface area contributed by atoms with Crippen LogP contribution in [-0.2, 0) is 0 Å². The van der Waals surface area contributed by atoms with Gasteiger partial charge in [-0.2, -0.15) is 0 Å². The number of hydrogen-bond donors (Lipinski definition) is 2. The quantitative estimate of drug-likeness (QED) is 0.240. The number of pyridine rings is 1. The number of carbonyl (C=O) groups excluding carboxylic acids is 2. The van der Waals surface area contributed by atoms with E-state index in [1.54, 1.807) is 42.6 Å². The zero-order valence-corrected chi connectivity index (χ0v) is 17.8. The number of thioether (sulfide) groups is 1. The third-order valence-electron chi connectivity index (χ3n) is 5.85. The highest BCUT2D eigenvalue weighted by Gasteiger charge is 2.34. The first-order valence-electron chi connectivity index (χ1n) is 10.2. The fourth-order valence-electron chi connectivity index (χ4n) is 4.37. The molecular weight excluding hydrogens is 443 g/mol. The Balaban J connectivity index is 1.35. The van der Waals surface area contributed by atoms with Gasteiger partial charge in [-0.05, 0) is 36.4 Å². The average Bonchev–Trinajstić information content (AvgIpc) is 3.34. The Bertz CT molecular complexity index is 1660. The van der Waals surface area contributed by atoms with Crippen molar-refractivity contribution in [1.29, 1.82) is 0 Å². The highest BCUT2D eigenvalue weighted by Crippen LogP contribution is 2.34. The molecule has 162 valence electrons. The van der Waals surface area contributed by atoms with Crippen LogP contribution in [0.1, 0.15) is 20.7 Å². The Labute approximate surface area is 189 Å². The molecule has 3 heterocycles. The minimum Gasteiger partial charge on any atom is -0.332 e. The summed E-state index contributed by atoms with van der Waals surface area (Å²) in [6.45, 7) is 0.237. The first-order valence-corrected chi connectivity index (χ1v) is 11.2. The normalized spacial score (nSPS) is 13.5. The summed E-state index contributed by atoms with van der Waals surface area (Å²) >= 11 is 1.37. The van der Waals surface area contributed by atoms with Crippen molar-refractivity contribution in [2.24, 2.45) is 0 Å². The molecule has 3 aromatic carbocycles. The molecule has 1 aliphatic heterocycles. The van der Waals surface area contributed by atoms with E-state index in [4.69, 9.17) is 0 Å². The molecule has 7 nitrogen and oxygen atoms in total. The maximum atomic E-state index is 14.0. The summed E-state index contributed by atoms with van der Waals surface area (Å²) in [5.41, 5.74) is 1.84. The fourth-order valence-corrected chi connectivity index (χ4v) is 5.17. The van der Waals surface area contributed by atoms with Crippen LogP contribution >= 0.6 is 11.8 Å². The van der Waals surface area contributed by atoms with Crippen molar-refractivity contribution in [3.05, 3.63) is 82.0 Å². The highest BCUT2D eigenvalue weighted by atomic mass is 32.2. The predicted molar refractivity (Wildman–Crippen MR) is 124 cm³/mol. The molecule has 0 saturated heterocycles. The van der Waals surface area contributed by atoms with Crippen LogP contribution in [0.15, 0.2) is 64.7 Å². The van der Waals surface area contributed by atoms with E-state index in [1.165, 1.54) is 28.8 Å². The van der Waals surface area contributed by atoms with Gasteiger partial charge in [0.25, 0.3) is 17.4 Å². The largest absolute Gasteiger partial charge is 0.332 e. The van der Waals surface area contributed by atoms with Crippen molar-refractivity contribution in [2.45, 2.75) is 5.16 Å². The Kier molecular flexibility index (Phi) is 4.34. The summed E-state index contributed by atoms with van der Waals surface area (Å²) < 4.78 is 14.0. The number of aromatic nitrogens is 3. The smallest absolute Gasteiger partial charge is 0.261 e. The van der Waals surface area contributed by atoms with E-state index in [1.807, 2.05) is 0 Å². The number of halogens is 1. The van der Waals surface area contributed by atoms with Crippen LogP contribution in [0.5, 0.6) is 0 Å². The lowest BCUT2D eigenvalue weighted by molar-refractivity contribution is 0.0664. The van der Waals surface area contributed by atoms with Gasteiger partial charge >= 0.3 is 0 Å². The molecule has 2 N–H and O–H groups in total. The number of nitrogens with zero attached hydrogens (tertiary/aromatic N) is 2. The SMILES string of the molecule is O=C1c2ccccc2C(=O)N1CCSc1nc2c3cc[nH]c(=O)c3c3cc(F)ccc3c2[nH]1. The number of amides is 2. The van der Waals surface area contributed by atoms with Crippen molar-refractivity contribution in [2.75, 3.05) is 12.3 Å². The van der Waals surface area contributed by atoms with Gasteiger partial charge in [-0.15, -0.1) is 0 Å². The molecule has 5 aromatic rings. The topological polar surface area (TPSA) is 98.9 Å². The Morgan fingerprint density at radius 2 is 1.70 bits per heavy atom. The lowest BCUT2D eigenvalue weighted by Gasteiger charge is -2.12. The van der Waals surface area contributed by atoms with Crippen LogP contribution in [0.3, 0.4) is 0 Å². The van der Waals surface area contributed by atoms with Crippen molar-refractivity contribution < 1.29 is 14.0 Å². The van der Waals surface area contributed by atoms with Gasteiger partial charge < -0.3 is 9.97 Å². The second-order valence-corrected chi connectivity index (χ2v) is 8.79. The van der Waals surface area contributed by atoms with Crippen LogP contribution in [0.4, 0.5) is 4.39 Å². The Hall–Kier alpha value is -3.98. The zero-order chi connectivity index (χ0) is 22.7. The maximum Gasteiger partial charge on any atom is 0.261 e. The Morgan fingerprint density at radius 3 is 2.45 bits per heavy atom. The highest BCUT2D eigenvalue weighted by molar-refractivity contribution is 7.99. The molecular formula is C24H15FN4O3S. The van der Waals surface area contributed by atoms with E-state index >= 15 is 0 Å². The number of fused-ring (bicyclic) bond motifs is 7. The lowest BCUT2D eigenvalue weighted by Crippen LogP contribution is -2.31. The molecule has 6 rings (SSSR count). The predicted octanol–water partition coefficient (Wildman–Crippen LogP) is 4.09. The van der Waals surface area contributed by atoms with Gasteiger partial charge in [0.2, 0.25) is 0 Å². The Morgan fingerprint density at radius 1 is 0.939 bits per heavy atom. The third kappa shape index (κ3) is 2.96. The van der Waals surface area contributed by atoms with Gasteiger partial charge in [-0.1, -0.05) is 23.9 Å². The number of carbonyl (C=O) groups is 2. The third-order valence-corrected chi connectivity index (χ3v) is 6.70. The first kappa shape index (κ1) is 19.7. The molecule has 0 atom stereocenters. The number of benzene rings is 3. The number of rotatable bonds is 4. The summed E-state index contributed by atoms with van der Waals surface area (Å²) in [6.07, 6.45) is 1.54. The van der Waals surface area contributed by atoms with Gasteiger partial charge in [0.15, 0.2) is 5.16 Å². The van der Waals surface area contributed by atoms with Gasteiger partial charge in [-0.25, -0.2) is 9.37 Å². The van der Waals surface area contributed by atoms with Crippen LogP contribution < -0.4 is 5.56 Å². The van der Waals surface area contributed by atoms with Gasteiger partial charge in [-0.3, -0.25) is 19.3 Å². The minimum atomic E-state index is -0.429. The van der Waals surface area contributed by atoms with Crippen molar-refractivity contribution in [3.8, 4) is 0 Å². The molecule has 33 heavy (non-hydrogen) atoms. The van der Waals surface area contributed by atoms with Gasteiger partial charge in [0.1, 0.15) is 5.82 Å². The van der Waals surface area contributed by atoms with Crippen molar-refractivity contribution in [1.82, 2.24) is 19.9 Å². The van der Waals surface area contributed by atoms with E-state index in [2.05, 4.69) is 15.0 Å². The van der Waals surface area contributed by atoms with E-state index in [9.17, 15) is 18.8 Å². The molecule has 0 radical (unpaired) electrons. The minimum absolute atomic E-state index is 0.237. The molecule has 2 amide bonds. The molecule has 0 spiro atoms. The number of H-pyrrole nitrogens is 2. The second kappa shape index (κ2) is 7.28. The van der Waals surface area contributed by atoms with Gasteiger partial charge in [0.05, 0.1) is 27.5 Å². The van der Waals surface area contributed by atoms with Crippen molar-refractivity contribution in [3.63, 3.8) is 0 Å². The summed E-state index contributed by atoms with van der Waals surface area (Å²) in [5.74, 6) is -0.573. The number of nitrogens with one attached hydrogen (secondary N) is 2. The molecule has 0 saturated carbocycles. The van der Waals surface area contributed by atoms with E-state index in [0.29, 0.717) is 54.6 Å². The standard InChI is InChI=1S/C24H15FN4O3S/c25-12-5-6-13-17(11-12)18-16(7-8-26-21(18)30)20-19(13)27-24(28-20)33-10-9-29-22(31)14-3-1-2-4-15(14)23(29)32/h1-8,11H,9-10H2,(H,26,30)(H,27,28). The number of imide groups is 1. The van der Waals surface area contributed by atoms with Crippen molar-refractivity contribution >= 4 is 56.2 Å². The molecule has 0 aliphatic carbocycles. The average molecular weight is 458 g/mol. The monoisotopic (exact) mass is 458 g/mol. The van der Waals surface area contributed by atoms with Crippen LogP contribution in [0.25, 0.3) is 32.6 Å². The molecule has 2 aromatic heterocycles. The summed E-state index contributed by atoms with van der Waals surface area (Å²) in [6, 6.07) is 12.9. The van der Waals surface area contributed by atoms with Gasteiger partial charge in [0, 0.05) is 34.7 Å². The number of imidazole rings is 1. The summed E-state index contributed by atoms with van der Waals surface area (Å²) in [4.78, 5) is 49.5. The zero-order valence-electron chi connectivity index (χ0n) is 17.0. The van der Waals surface area contributed by atoms with E-state index in [0.717, 1.165) is 0 Å². The van der Waals surface area contributed by atoms with E-state index < -0.39 is 5.82 Å². The molecule has 0 fully saturated rings. The fraction of sp³-hybridized carbons (Fsp3) is 0.0833. The number of aromatic amines is 2. The molecule has 0 bridgehead atoms. The van der Waals surface area contributed by atoms with E-state index in [-0.39, 0.29) is 23.9 Å². The van der Waals surface area contributed by atoms with Crippen LogP contribution in [-0.4, -0.2) is 44.0 Å². The summed E-state index contributed by atoms with van der Waals surface area (Å²) in [7, 11) is 0. The summed E-state index contributed by atoms with van der Waals surface area (Å²) in [5, 5.41) is 2.78. The molecule has 1 aliphatic rings. The first-order chi connectivity index (χ1) is 16.0.